The van der Waals surface area contributed by atoms with Gasteiger partial charge in [-0.2, -0.15) is 0 Å². The van der Waals surface area contributed by atoms with E-state index in [1.807, 2.05) is 6.20 Å². The third-order valence-electron chi connectivity index (χ3n) is 6.44. The van der Waals surface area contributed by atoms with Crippen molar-refractivity contribution >= 4 is 11.5 Å². The Morgan fingerprint density at radius 3 is 2.67 bits per heavy atom. The fraction of sp³-hybridized carbons (Fsp3) is 0.565. The fourth-order valence-corrected chi connectivity index (χ4v) is 4.72. The lowest BCUT2D eigenvalue weighted by atomic mass is 10.0. The lowest BCUT2D eigenvalue weighted by molar-refractivity contribution is 0.241. The monoisotopic (exact) mass is 406 g/mol. The Balaban J connectivity index is 1.26. The van der Waals surface area contributed by atoms with Gasteiger partial charge in [0.1, 0.15) is 5.82 Å². The standard InChI is InChI=1S/C23H30N6O/c30-23-18-16-28(13-9-19(18)26-22(27-23)20-6-2-3-10-24-20)15-17-7-8-21(25-14-17)29-11-4-1-5-12-29/h7-8,14H,1-6,9-13,15-16H2,(H,26,27,30). The van der Waals surface area contributed by atoms with Crippen molar-refractivity contribution in [3.05, 3.63) is 51.3 Å². The van der Waals surface area contributed by atoms with Crippen LogP contribution in [0.25, 0.3) is 0 Å². The van der Waals surface area contributed by atoms with Crippen molar-refractivity contribution in [2.24, 2.45) is 4.99 Å². The number of nitrogens with zero attached hydrogens (tertiary/aromatic N) is 5. The van der Waals surface area contributed by atoms with Crippen molar-refractivity contribution in [3.8, 4) is 0 Å². The highest BCUT2D eigenvalue weighted by Crippen LogP contribution is 2.20. The number of fused-ring (bicyclic) bond motifs is 1. The average Bonchev–Trinajstić information content (AvgIpc) is 2.81. The summed E-state index contributed by atoms with van der Waals surface area (Å²) in [5, 5.41) is 0. The third-order valence-corrected chi connectivity index (χ3v) is 6.44. The van der Waals surface area contributed by atoms with Gasteiger partial charge in [0.15, 0.2) is 5.82 Å². The Labute approximate surface area is 177 Å². The van der Waals surface area contributed by atoms with Crippen molar-refractivity contribution in [3.63, 3.8) is 0 Å². The smallest absolute Gasteiger partial charge is 0.255 e. The SMILES string of the molecule is O=c1[nH]c(C2=NCCCC2)nc2c1CN(Cc1ccc(N3CCCCC3)nc1)CC2. The number of pyridine rings is 1. The summed E-state index contributed by atoms with van der Waals surface area (Å²) < 4.78 is 0. The molecule has 3 aliphatic heterocycles. The quantitative estimate of drug-likeness (QED) is 0.845. The summed E-state index contributed by atoms with van der Waals surface area (Å²) in [7, 11) is 0. The molecule has 0 aliphatic carbocycles. The van der Waals surface area contributed by atoms with Crippen LogP contribution in [0.4, 0.5) is 5.82 Å². The van der Waals surface area contributed by atoms with Crippen LogP contribution in [-0.4, -0.2) is 51.7 Å². The number of aromatic nitrogens is 3. The predicted octanol–water partition coefficient (Wildman–Crippen LogP) is 2.69. The molecule has 5 rings (SSSR count). The maximum absolute atomic E-state index is 12.7. The second-order valence-corrected chi connectivity index (χ2v) is 8.66. The molecule has 0 atom stereocenters. The number of hydrogen-bond donors (Lipinski definition) is 1. The topological polar surface area (TPSA) is 77.5 Å². The molecule has 30 heavy (non-hydrogen) atoms. The molecule has 1 fully saturated rings. The first-order chi connectivity index (χ1) is 14.8. The molecule has 0 saturated carbocycles. The number of piperidine rings is 1. The first-order valence-electron chi connectivity index (χ1n) is 11.3. The molecule has 0 bridgehead atoms. The normalized spacial score (nSPS) is 20.0. The predicted molar refractivity (Wildman–Crippen MR) is 118 cm³/mol. The maximum Gasteiger partial charge on any atom is 0.255 e. The van der Waals surface area contributed by atoms with Gasteiger partial charge in [0.05, 0.1) is 17.0 Å². The van der Waals surface area contributed by atoms with Crippen LogP contribution < -0.4 is 10.5 Å². The van der Waals surface area contributed by atoms with Gasteiger partial charge in [0.25, 0.3) is 5.56 Å². The van der Waals surface area contributed by atoms with Gasteiger partial charge in [-0.05, 0) is 50.2 Å². The Hall–Kier alpha value is -2.54. The van der Waals surface area contributed by atoms with E-state index in [2.05, 4.69) is 31.9 Å². The Bertz CT molecular complexity index is 974. The van der Waals surface area contributed by atoms with E-state index in [-0.39, 0.29) is 5.56 Å². The molecule has 0 radical (unpaired) electrons. The van der Waals surface area contributed by atoms with Gasteiger partial charge in [-0.15, -0.1) is 0 Å². The number of hydrogen-bond acceptors (Lipinski definition) is 6. The van der Waals surface area contributed by atoms with Gasteiger partial charge in [-0.25, -0.2) is 9.97 Å². The summed E-state index contributed by atoms with van der Waals surface area (Å²) >= 11 is 0. The molecule has 2 aromatic rings. The van der Waals surface area contributed by atoms with E-state index in [1.165, 1.54) is 24.8 Å². The summed E-state index contributed by atoms with van der Waals surface area (Å²) in [5.74, 6) is 1.77. The van der Waals surface area contributed by atoms with Gasteiger partial charge in [0, 0.05) is 51.9 Å². The lowest BCUT2D eigenvalue weighted by Crippen LogP contribution is -2.36. The highest BCUT2D eigenvalue weighted by molar-refractivity contribution is 5.97. The number of aromatic amines is 1. The number of anilines is 1. The number of rotatable bonds is 4. The first kappa shape index (κ1) is 19.4. The zero-order valence-electron chi connectivity index (χ0n) is 17.6. The van der Waals surface area contributed by atoms with Crippen LogP contribution in [0.5, 0.6) is 0 Å². The number of aliphatic imine (C=N–C) groups is 1. The second-order valence-electron chi connectivity index (χ2n) is 8.66. The molecule has 1 N–H and O–H groups in total. The van der Waals surface area contributed by atoms with Crippen LogP contribution in [0.3, 0.4) is 0 Å². The fourth-order valence-electron chi connectivity index (χ4n) is 4.72. The minimum absolute atomic E-state index is 0.00783. The minimum atomic E-state index is -0.00783. The van der Waals surface area contributed by atoms with E-state index in [0.29, 0.717) is 12.4 Å². The molecule has 5 heterocycles. The molecule has 0 spiro atoms. The van der Waals surface area contributed by atoms with E-state index in [0.717, 1.165) is 81.2 Å². The van der Waals surface area contributed by atoms with Gasteiger partial charge in [-0.1, -0.05) is 6.07 Å². The van der Waals surface area contributed by atoms with Crippen LogP contribution >= 0.6 is 0 Å². The van der Waals surface area contributed by atoms with E-state index >= 15 is 0 Å². The first-order valence-corrected chi connectivity index (χ1v) is 11.3. The second kappa shape index (κ2) is 8.68. The lowest BCUT2D eigenvalue weighted by Gasteiger charge is -2.29. The van der Waals surface area contributed by atoms with E-state index in [4.69, 9.17) is 9.97 Å². The van der Waals surface area contributed by atoms with Gasteiger partial charge < -0.3 is 9.88 Å². The number of H-pyrrole nitrogens is 1. The number of nitrogens with one attached hydrogen (secondary N) is 1. The third kappa shape index (κ3) is 4.17. The van der Waals surface area contributed by atoms with Crippen LogP contribution in [0.15, 0.2) is 28.1 Å². The molecule has 2 aromatic heterocycles. The highest BCUT2D eigenvalue weighted by atomic mass is 16.1. The largest absolute Gasteiger partial charge is 0.357 e. The summed E-state index contributed by atoms with van der Waals surface area (Å²) in [6.45, 7) is 5.41. The minimum Gasteiger partial charge on any atom is -0.357 e. The van der Waals surface area contributed by atoms with Gasteiger partial charge in [0.2, 0.25) is 0 Å². The molecule has 158 valence electrons. The van der Waals surface area contributed by atoms with Crippen LogP contribution in [0.2, 0.25) is 0 Å². The Kier molecular flexibility index (Phi) is 5.62. The molecular weight excluding hydrogens is 376 g/mol. The molecule has 3 aliphatic rings. The molecule has 7 nitrogen and oxygen atoms in total. The van der Waals surface area contributed by atoms with E-state index in [1.54, 1.807) is 0 Å². The molecule has 0 unspecified atom stereocenters. The zero-order valence-corrected chi connectivity index (χ0v) is 17.6. The maximum atomic E-state index is 12.7. The Morgan fingerprint density at radius 1 is 1.00 bits per heavy atom. The molecular formula is C23H30N6O. The van der Waals surface area contributed by atoms with Crippen molar-refractivity contribution in [2.75, 3.05) is 31.1 Å². The van der Waals surface area contributed by atoms with Crippen molar-refractivity contribution in [1.29, 1.82) is 0 Å². The highest BCUT2D eigenvalue weighted by Gasteiger charge is 2.23. The van der Waals surface area contributed by atoms with Gasteiger partial charge in [-0.3, -0.25) is 14.7 Å². The zero-order chi connectivity index (χ0) is 20.3. The summed E-state index contributed by atoms with van der Waals surface area (Å²) in [6.07, 6.45) is 9.80. The summed E-state index contributed by atoms with van der Waals surface area (Å²) in [5.41, 5.74) is 3.89. The average molecular weight is 407 g/mol. The summed E-state index contributed by atoms with van der Waals surface area (Å²) in [4.78, 5) is 34.5. The van der Waals surface area contributed by atoms with Crippen molar-refractivity contribution in [2.45, 2.75) is 58.0 Å². The molecule has 7 heteroatoms. The van der Waals surface area contributed by atoms with Crippen LogP contribution in [0.1, 0.15) is 61.2 Å². The summed E-state index contributed by atoms with van der Waals surface area (Å²) in [6, 6.07) is 4.32. The van der Waals surface area contributed by atoms with Crippen molar-refractivity contribution in [1.82, 2.24) is 19.9 Å². The molecule has 0 aromatic carbocycles. The van der Waals surface area contributed by atoms with E-state index in [9.17, 15) is 4.79 Å². The van der Waals surface area contributed by atoms with E-state index < -0.39 is 0 Å². The molecule has 0 amide bonds. The van der Waals surface area contributed by atoms with Crippen molar-refractivity contribution < 1.29 is 0 Å². The van der Waals surface area contributed by atoms with Crippen LogP contribution in [0, 0.1) is 0 Å². The van der Waals surface area contributed by atoms with Gasteiger partial charge >= 0.3 is 0 Å². The van der Waals surface area contributed by atoms with Crippen LogP contribution in [-0.2, 0) is 19.5 Å². The molecule has 1 saturated heterocycles. The Morgan fingerprint density at radius 2 is 1.90 bits per heavy atom.